The average molecular weight is 435 g/mol. The van der Waals surface area contributed by atoms with Crippen molar-refractivity contribution in [3.05, 3.63) is 58.1 Å². The van der Waals surface area contributed by atoms with Crippen LogP contribution in [0.4, 0.5) is 0 Å². The van der Waals surface area contributed by atoms with Crippen LogP contribution in [0.5, 0.6) is 11.5 Å². The van der Waals surface area contributed by atoms with E-state index in [1.54, 1.807) is 49.6 Å². The van der Waals surface area contributed by atoms with Crippen LogP contribution < -0.4 is 20.3 Å². The molecule has 0 aliphatic heterocycles. The Morgan fingerprint density at radius 1 is 1.00 bits per heavy atom. The molecule has 0 spiro atoms. The topological polar surface area (TPSA) is 76.7 Å². The van der Waals surface area contributed by atoms with E-state index >= 15 is 0 Å². The zero-order valence-electron chi connectivity index (χ0n) is 15.5. The molecule has 0 aliphatic rings. The molecule has 7 heteroatoms. The van der Waals surface area contributed by atoms with Gasteiger partial charge in [-0.05, 0) is 70.7 Å². The van der Waals surface area contributed by atoms with Crippen molar-refractivity contribution in [1.29, 1.82) is 0 Å². The Morgan fingerprint density at radius 3 is 2.15 bits per heavy atom. The van der Waals surface area contributed by atoms with Crippen molar-refractivity contribution in [2.45, 2.75) is 20.3 Å². The summed E-state index contributed by atoms with van der Waals surface area (Å²) in [5, 5.41) is 0. The fourth-order valence-corrected chi connectivity index (χ4v) is 2.66. The van der Waals surface area contributed by atoms with E-state index in [9.17, 15) is 9.59 Å². The number of nitrogens with one attached hydrogen (secondary N) is 2. The van der Waals surface area contributed by atoms with E-state index in [0.29, 0.717) is 39.6 Å². The lowest BCUT2D eigenvalue weighted by molar-refractivity contribution is 0.0846. The van der Waals surface area contributed by atoms with Crippen molar-refractivity contribution in [2.75, 3.05) is 13.7 Å². The molecule has 0 saturated carbocycles. The van der Waals surface area contributed by atoms with Crippen LogP contribution in [0.25, 0.3) is 0 Å². The largest absolute Gasteiger partial charge is 0.497 e. The van der Waals surface area contributed by atoms with Gasteiger partial charge in [0.1, 0.15) is 11.5 Å². The minimum Gasteiger partial charge on any atom is -0.497 e. The molecule has 2 rings (SSSR count). The standard InChI is InChI=1S/C20H23BrN2O4/c1-13(2)10-11-27-18-9-6-15(12-17(18)21)20(25)23-22-19(24)14-4-7-16(26-3)8-5-14/h4-9,12-13H,10-11H2,1-3H3,(H,22,24)(H,23,25). The Bertz CT molecular complexity index is 791. The van der Waals surface area contributed by atoms with Gasteiger partial charge in [-0.2, -0.15) is 0 Å². The van der Waals surface area contributed by atoms with Crippen molar-refractivity contribution in [2.24, 2.45) is 5.92 Å². The summed E-state index contributed by atoms with van der Waals surface area (Å²) in [5.74, 6) is 1.04. The maximum Gasteiger partial charge on any atom is 0.269 e. The van der Waals surface area contributed by atoms with Crippen molar-refractivity contribution in [3.8, 4) is 11.5 Å². The summed E-state index contributed by atoms with van der Waals surface area (Å²) in [4.78, 5) is 24.3. The zero-order chi connectivity index (χ0) is 19.8. The lowest BCUT2D eigenvalue weighted by atomic mass is 10.1. The van der Waals surface area contributed by atoms with Crippen molar-refractivity contribution < 1.29 is 19.1 Å². The van der Waals surface area contributed by atoms with Crippen LogP contribution in [0.1, 0.15) is 41.0 Å². The van der Waals surface area contributed by atoms with Crippen molar-refractivity contribution in [1.82, 2.24) is 10.9 Å². The Hall–Kier alpha value is -2.54. The highest BCUT2D eigenvalue weighted by molar-refractivity contribution is 9.10. The van der Waals surface area contributed by atoms with Crippen LogP contribution in [-0.2, 0) is 0 Å². The monoisotopic (exact) mass is 434 g/mol. The number of amides is 2. The molecule has 0 unspecified atom stereocenters. The Kier molecular flexibility index (Phi) is 7.67. The van der Waals surface area contributed by atoms with Crippen LogP contribution in [-0.4, -0.2) is 25.5 Å². The summed E-state index contributed by atoms with van der Waals surface area (Å²) >= 11 is 3.41. The lowest BCUT2D eigenvalue weighted by Crippen LogP contribution is -2.41. The number of benzene rings is 2. The van der Waals surface area contributed by atoms with E-state index in [1.807, 2.05) is 0 Å². The second kappa shape index (κ2) is 9.97. The third-order valence-corrected chi connectivity index (χ3v) is 4.41. The molecule has 6 nitrogen and oxygen atoms in total. The molecule has 0 bridgehead atoms. The van der Waals surface area contributed by atoms with Gasteiger partial charge in [-0.15, -0.1) is 0 Å². The lowest BCUT2D eigenvalue weighted by Gasteiger charge is -2.11. The van der Waals surface area contributed by atoms with E-state index in [-0.39, 0.29) is 0 Å². The van der Waals surface area contributed by atoms with E-state index in [1.165, 1.54) is 0 Å². The second-order valence-corrected chi connectivity index (χ2v) is 7.17. The van der Waals surface area contributed by atoms with Gasteiger partial charge in [0.05, 0.1) is 18.2 Å². The van der Waals surface area contributed by atoms with Gasteiger partial charge < -0.3 is 9.47 Å². The van der Waals surface area contributed by atoms with Gasteiger partial charge in [-0.3, -0.25) is 20.4 Å². The van der Waals surface area contributed by atoms with E-state index in [4.69, 9.17) is 9.47 Å². The Labute approximate surface area is 167 Å². The maximum absolute atomic E-state index is 12.2. The molecular formula is C20H23BrN2O4. The number of halogens is 1. The number of hydrazine groups is 1. The minimum absolute atomic E-state index is 0.396. The number of methoxy groups -OCH3 is 1. The molecule has 0 saturated heterocycles. The molecule has 0 aliphatic carbocycles. The second-order valence-electron chi connectivity index (χ2n) is 6.31. The molecule has 2 N–H and O–H groups in total. The van der Waals surface area contributed by atoms with E-state index in [2.05, 4.69) is 40.6 Å². The first kappa shape index (κ1) is 20.8. The summed E-state index contributed by atoms with van der Waals surface area (Å²) in [7, 11) is 1.55. The van der Waals surface area contributed by atoms with Crippen LogP contribution in [0.2, 0.25) is 0 Å². The van der Waals surface area contributed by atoms with Gasteiger partial charge >= 0.3 is 0 Å². The third kappa shape index (κ3) is 6.29. The summed E-state index contributed by atoms with van der Waals surface area (Å²) in [6, 6.07) is 11.6. The fraction of sp³-hybridized carbons (Fsp3) is 0.300. The van der Waals surface area contributed by atoms with Crippen molar-refractivity contribution >= 4 is 27.7 Å². The molecule has 2 aromatic carbocycles. The zero-order valence-corrected chi connectivity index (χ0v) is 17.1. The van der Waals surface area contributed by atoms with Crippen molar-refractivity contribution in [3.63, 3.8) is 0 Å². The molecular weight excluding hydrogens is 412 g/mol. The number of hydrogen-bond donors (Lipinski definition) is 2. The fourth-order valence-electron chi connectivity index (χ4n) is 2.16. The number of rotatable bonds is 7. The smallest absolute Gasteiger partial charge is 0.269 e. The summed E-state index contributed by atoms with van der Waals surface area (Å²) in [6.07, 6.45) is 0.950. The molecule has 144 valence electrons. The predicted octanol–water partition coefficient (Wildman–Crippen LogP) is 3.96. The Balaban J connectivity index is 1.91. The third-order valence-electron chi connectivity index (χ3n) is 3.79. The minimum atomic E-state index is -0.425. The quantitative estimate of drug-likeness (QED) is 0.646. The first-order chi connectivity index (χ1) is 12.9. The van der Waals surface area contributed by atoms with Gasteiger partial charge in [0.2, 0.25) is 0 Å². The highest BCUT2D eigenvalue weighted by atomic mass is 79.9. The van der Waals surface area contributed by atoms with Gasteiger partial charge in [0.15, 0.2) is 0 Å². The first-order valence-corrected chi connectivity index (χ1v) is 9.37. The average Bonchev–Trinajstić information content (AvgIpc) is 2.66. The summed E-state index contributed by atoms with van der Waals surface area (Å²) < 4.78 is 11.4. The molecule has 2 aromatic rings. The summed E-state index contributed by atoms with van der Waals surface area (Å²) in [5.41, 5.74) is 5.59. The SMILES string of the molecule is COc1ccc(C(=O)NNC(=O)c2ccc(OCCC(C)C)c(Br)c2)cc1. The van der Waals surface area contributed by atoms with Gasteiger partial charge in [0.25, 0.3) is 11.8 Å². The maximum atomic E-state index is 12.2. The van der Waals surface area contributed by atoms with Crippen LogP contribution in [0.15, 0.2) is 46.9 Å². The van der Waals surface area contributed by atoms with Gasteiger partial charge in [-0.1, -0.05) is 13.8 Å². The van der Waals surface area contributed by atoms with Crippen LogP contribution in [0, 0.1) is 5.92 Å². The molecule has 0 atom stereocenters. The van der Waals surface area contributed by atoms with E-state index in [0.717, 1.165) is 6.42 Å². The molecule has 0 aromatic heterocycles. The molecule has 0 fully saturated rings. The summed E-state index contributed by atoms with van der Waals surface area (Å²) in [6.45, 7) is 4.87. The number of carbonyl (C=O) groups excluding carboxylic acids is 2. The molecule has 2 amide bonds. The molecule has 0 radical (unpaired) electrons. The predicted molar refractivity (Wildman–Crippen MR) is 107 cm³/mol. The number of hydrogen-bond acceptors (Lipinski definition) is 4. The first-order valence-electron chi connectivity index (χ1n) is 8.57. The highest BCUT2D eigenvalue weighted by Gasteiger charge is 2.12. The highest BCUT2D eigenvalue weighted by Crippen LogP contribution is 2.26. The van der Waals surface area contributed by atoms with Gasteiger partial charge in [0, 0.05) is 11.1 Å². The Morgan fingerprint density at radius 2 is 1.59 bits per heavy atom. The molecule has 27 heavy (non-hydrogen) atoms. The van der Waals surface area contributed by atoms with E-state index < -0.39 is 11.8 Å². The molecule has 0 heterocycles. The van der Waals surface area contributed by atoms with Gasteiger partial charge in [-0.25, -0.2) is 0 Å². The number of ether oxygens (including phenoxy) is 2. The normalized spacial score (nSPS) is 10.4. The number of carbonyl (C=O) groups is 2. The van der Waals surface area contributed by atoms with Crippen LogP contribution >= 0.6 is 15.9 Å². The van der Waals surface area contributed by atoms with Crippen LogP contribution in [0.3, 0.4) is 0 Å².